The third kappa shape index (κ3) is 4.81. The highest BCUT2D eigenvalue weighted by Gasteiger charge is 2.12. The van der Waals surface area contributed by atoms with Crippen molar-refractivity contribution in [1.29, 1.82) is 0 Å². The zero-order valence-corrected chi connectivity index (χ0v) is 13.2. The molecule has 2 N–H and O–H groups in total. The van der Waals surface area contributed by atoms with Crippen molar-refractivity contribution in [2.45, 2.75) is 33.7 Å². The third-order valence-electron chi connectivity index (χ3n) is 3.28. The molecule has 0 fully saturated rings. The third-order valence-corrected chi connectivity index (χ3v) is 3.28. The van der Waals surface area contributed by atoms with E-state index >= 15 is 0 Å². The van der Waals surface area contributed by atoms with Crippen molar-refractivity contribution in [3.05, 3.63) is 23.5 Å². The molecule has 0 aliphatic heterocycles. The number of carbonyl (C=O) groups is 1. The number of aromatic nitrogens is 1. The molecule has 1 heterocycles. The molecule has 0 radical (unpaired) electrons. The van der Waals surface area contributed by atoms with Crippen LogP contribution in [0.3, 0.4) is 0 Å². The topological polar surface area (TPSA) is 57.3 Å². The number of hydrogen-bond donors (Lipinski definition) is 2. The molecule has 5 heteroatoms. The maximum atomic E-state index is 12.2. The average molecular weight is 278 g/mol. The Morgan fingerprint density at radius 2 is 2.15 bits per heavy atom. The number of hydrogen-bond acceptors (Lipinski definition) is 4. The van der Waals surface area contributed by atoms with Crippen LogP contribution in [0.1, 0.15) is 36.8 Å². The first-order valence-electron chi connectivity index (χ1n) is 7.14. The summed E-state index contributed by atoms with van der Waals surface area (Å²) >= 11 is 0. The van der Waals surface area contributed by atoms with Crippen molar-refractivity contribution in [3.8, 4) is 0 Å². The molecule has 0 aliphatic rings. The second-order valence-electron chi connectivity index (χ2n) is 5.23. The van der Waals surface area contributed by atoms with Gasteiger partial charge in [0.2, 0.25) is 0 Å². The van der Waals surface area contributed by atoms with Crippen LogP contribution >= 0.6 is 0 Å². The predicted octanol–water partition coefficient (Wildman–Crippen LogP) is 1.89. The molecule has 0 saturated carbocycles. The van der Waals surface area contributed by atoms with Crippen LogP contribution in [-0.2, 0) is 0 Å². The van der Waals surface area contributed by atoms with E-state index in [2.05, 4.69) is 34.4 Å². The Kier molecular flexibility index (Phi) is 6.45. The Labute approximate surface area is 121 Å². The summed E-state index contributed by atoms with van der Waals surface area (Å²) in [5.41, 5.74) is 2.34. The van der Waals surface area contributed by atoms with Gasteiger partial charge in [0.25, 0.3) is 5.91 Å². The second kappa shape index (κ2) is 7.85. The van der Waals surface area contributed by atoms with E-state index in [0.717, 1.165) is 24.5 Å². The predicted molar refractivity (Wildman–Crippen MR) is 83.2 cm³/mol. The van der Waals surface area contributed by atoms with E-state index in [0.29, 0.717) is 18.2 Å². The maximum Gasteiger partial charge on any atom is 0.254 e. The van der Waals surface area contributed by atoms with Crippen LogP contribution in [0.4, 0.5) is 5.69 Å². The zero-order chi connectivity index (χ0) is 15.1. The van der Waals surface area contributed by atoms with Gasteiger partial charge in [-0.1, -0.05) is 0 Å². The van der Waals surface area contributed by atoms with Crippen molar-refractivity contribution >= 4 is 11.6 Å². The summed E-state index contributed by atoms with van der Waals surface area (Å²) in [6.45, 7) is 10.4. The molecule has 0 aromatic carbocycles. The molecule has 0 spiro atoms. The summed E-state index contributed by atoms with van der Waals surface area (Å²) in [4.78, 5) is 18.6. The lowest BCUT2D eigenvalue weighted by Crippen LogP contribution is -2.36. The number of aryl methyl sites for hydroxylation is 1. The molecule has 112 valence electrons. The van der Waals surface area contributed by atoms with Gasteiger partial charge in [0, 0.05) is 37.6 Å². The van der Waals surface area contributed by atoms with Gasteiger partial charge in [-0.05, 0) is 40.8 Å². The summed E-state index contributed by atoms with van der Waals surface area (Å²) in [6.07, 6.45) is 1.63. The molecule has 0 unspecified atom stereocenters. The molecule has 1 aromatic heterocycles. The van der Waals surface area contributed by atoms with E-state index in [4.69, 9.17) is 0 Å². The molecule has 0 bridgehead atoms. The van der Waals surface area contributed by atoms with Crippen LogP contribution in [0.5, 0.6) is 0 Å². The second-order valence-corrected chi connectivity index (χ2v) is 5.23. The van der Waals surface area contributed by atoms with Crippen LogP contribution in [0.25, 0.3) is 0 Å². The number of pyridine rings is 1. The molecular formula is C15H26N4O. The molecule has 0 aliphatic carbocycles. The number of rotatable bonds is 7. The smallest absolute Gasteiger partial charge is 0.254 e. The van der Waals surface area contributed by atoms with Gasteiger partial charge in [-0.15, -0.1) is 0 Å². The van der Waals surface area contributed by atoms with Gasteiger partial charge in [-0.2, -0.15) is 0 Å². The van der Waals surface area contributed by atoms with E-state index in [1.54, 1.807) is 6.20 Å². The molecule has 0 atom stereocenters. The van der Waals surface area contributed by atoms with Gasteiger partial charge in [0.05, 0.1) is 11.3 Å². The number of nitrogens with zero attached hydrogens (tertiary/aromatic N) is 2. The number of anilines is 1. The molecular weight excluding hydrogens is 252 g/mol. The van der Waals surface area contributed by atoms with Crippen LogP contribution < -0.4 is 10.6 Å². The first-order chi connectivity index (χ1) is 9.45. The van der Waals surface area contributed by atoms with E-state index < -0.39 is 0 Å². The van der Waals surface area contributed by atoms with Crippen molar-refractivity contribution < 1.29 is 4.79 Å². The SMILES string of the molecule is CCNc1cc(C)ncc1C(=O)NCCN(C)C(C)C. The Bertz CT molecular complexity index is 445. The fourth-order valence-electron chi connectivity index (χ4n) is 1.78. The normalized spacial score (nSPS) is 10.9. The average Bonchev–Trinajstić information content (AvgIpc) is 2.38. The summed E-state index contributed by atoms with van der Waals surface area (Å²) in [5.74, 6) is -0.0781. The Hall–Kier alpha value is -1.62. The Morgan fingerprint density at radius 1 is 1.45 bits per heavy atom. The van der Waals surface area contributed by atoms with Crippen molar-refractivity contribution in [3.63, 3.8) is 0 Å². The lowest BCUT2D eigenvalue weighted by atomic mass is 10.2. The van der Waals surface area contributed by atoms with Gasteiger partial charge < -0.3 is 15.5 Å². The van der Waals surface area contributed by atoms with Gasteiger partial charge in [-0.3, -0.25) is 9.78 Å². The van der Waals surface area contributed by atoms with Crippen LogP contribution in [0.15, 0.2) is 12.3 Å². The van der Waals surface area contributed by atoms with Crippen molar-refractivity contribution in [2.24, 2.45) is 0 Å². The summed E-state index contributed by atoms with van der Waals surface area (Å²) < 4.78 is 0. The van der Waals surface area contributed by atoms with Crippen LogP contribution in [-0.4, -0.2) is 48.5 Å². The summed E-state index contributed by atoms with van der Waals surface area (Å²) in [7, 11) is 2.05. The van der Waals surface area contributed by atoms with Gasteiger partial charge in [-0.25, -0.2) is 0 Å². The Morgan fingerprint density at radius 3 is 2.75 bits per heavy atom. The maximum absolute atomic E-state index is 12.2. The van der Waals surface area contributed by atoms with Crippen LogP contribution in [0, 0.1) is 6.92 Å². The quantitative estimate of drug-likeness (QED) is 0.800. The highest BCUT2D eigenvalue weighted by atomic mass is 16.1. The molecule has 1 rings (SSSR count). The minimum atomic E-state index is -0.0781. The van der Waals surface area contributed by atoms with E-state index in [1.165, 1.54) is 0 Å². The largest absolute Gasteiger partial charge is 0.385 e. The zero-order valence-electron chi connectivity index (χ0n) is 13.2. The molecule has 5 nitrogen and oxygen atoms in total. The number of amides is 1. The number of likely N-dealkylation sites (N-methyl/N-ethyl adjacent to an activating group) is 1. The number of nitrogens with one attached hydrogen (secondary N) is 2. The highest BCUT2D eigenvalue weighted by molar-refractivity contribution is 5.99. The first-order valence-corrected chi connectivity index (χ1v) is 7.14. The van der Waals surface area contributed by atoms with Gasteiger partial charge >= 0.3 is 0 Å². The standard InChI is InChI=1S/C15H26N4O/c1-6-16-14-9-12(4)18-10-13(14)15(20)17-7-8-19(5)11(2)3/h9-11H,6-8H2,1-5H3,(H,16,18)(H,17,20). The van der Waals surface area contributed by atoms with Gasteiger partial charge in [0.15, 0.2) is 0 Å². The minimum Gasteiger partial charge on any atom is -0.385 e. The minimum absolute atomic E-state index is 0.0781. The molecule has 0 saturated heterocycles. The van der Waals surface area contributed by atoms with Crippen molar-refractivity contribution in [2.75, 3.05) is 32.0 Å². The lowest BCUT2D eigenvalue weighted by Gasteiger charge is -2.21. The molecule has 1 amide bonds. The first kappa shape index (κ1) is 16.4. The number of carbonyl (C=O) groups excluding carboxylic acids is 1. The van der Waals surface area contributed by atoms with E-state index in [-0.39, 0.29) is 5.91 Å². The van der Waals surface area contributed by atoms with Crippen LogP contribution in [0.2, 0.25) is 0 Å². The molecule has 1 aromatic rings. The van der Waals surface area contributed by atoms with Gasteiger partial charge in [0.1, 0.15) is 0 Å². The fraction of sp³-hybridized carbons (Fsp3) is 0.600. The summed E-state index contributed by atoms with van der Waals surface area (Å²) in [5, 5.41) is 6.15. The Balaban J connectivity index is 2.63. The molecule has 20 heavy (non-hydrogen) atoms. The highest BCUT2D eigenvalue weighted by Crippen LogP contribution is 2.15. The fourth-order valence-corrected chi connectivity index (χ4v) is 1.78. The summed E-state index contributed by atoms with van der Waals surface area (Å²) in [6, 6.07) is 2.38. The van der Waals surface area contributed by atoms with Crippen molar-refractivity contribution in [1.82, 2.24) is 15.2 Å². The van der Waals surface area contributed by atoms with E-state index in [9.17, 15) is 4.79 Å². The monoisotopic (exact) mass is 278 g/mol. The van der Waals surface area contributed by atoms with E-state index in [1.807, 2.05) is 27.0 Å². The lowest BCUT2D eigenvalue weighted by molar-refractivity contribution is 0.0948.